The van der Waals surface area contributed by atoms with Gasteiger partial charge in [-0.2, -0.15) is 16.8 Å². The summed E-state index contributed by atoms with van der Waals surface area (Å²) >= 11 is 0. The number of hydrogen-bond acceptors (Lipinski definition) is 6. The first-order valence-electron chi connectivity index (χ1n) is 8.72. The molecule has 6 nitrogen and oxygen atoms in total. The lowest BCUT2D eigenvalue weighted by Gasteiger charge is -2.40. The van der Waals surface area contributed by atoms with E-state index in [-0.39, 0.29) is 24.5 Å². The van der Waals surface area contributed by atoms with Gasteiger partial charge in [-0.05, 0) is 55.3 Å². The molecule has 0 bridgehead atoms. The second kappa shape index (κ2) is 6.04. The van der Waals surface area contributed by atoms with Gasteiger partial charge in [0.25, 0.3) is 20.2 Å². The molecule has 0 aliphatic heterocycles. The summed E-state index contributed by atoms with van der Waals surface area (Å²) in [6, 6.07) is 0. The molecule has 3 aliphatic carbocycles. The summed E-state index contributed by atoms with van der Waals surface area (Å²) in [4.78, 5) is 0. The Hall–Kier alpha value is -0.440. The standard InChI is InChI=1S/C17H28O6S2/c1-12-5-6-13-9-16(2)7-8-17(15(16)14(12)13,10-22-24(3,18)19)11-23-25(4,20)21/h13-15H,1,5-11H2,2-4H3/t13-,14-,15+,16-/m1/s1. The van der Waals surface area contributed by atoms with Crippen molar-refractivity contribution in [1.82, 2.24) is 0 Å². The minimum atomic E-state index is -3.62. The zero-order chi connectivity index (χ0) is 18.7. The molecule has 4 atom stereocenters. The quantitative estimate of drug-likeness (QED) is 0.509. The number of fused-ring (bicyclic) bond motifs is 3. The second-order valence-electron chi connectivity index (χ2n) is 8.61. The van der Waals surface area contributed by atoms with Crippen molar-refractivity contribution in [3.05, 3.63) is 12.2 Å². The van der Waals surface area contributed by atoms with Gasteiger partial charge in [-0.15, -0.1) is 0 Å². The maximum atomic E-state index is 11.6. The minimum absolute atomic E-state index is 0.0297. The summed E-state index contributed by atoms with van der Waals surface area (Å²) in [7, 11) is -7.23. The first-order chi connectivity index (χ1) is 11.4. The van der Waals surface area contributed by atoms with Gasteiger partial charge in [0.1, 0.15) is 0 Å². The highest BCUT2D eigenvalue weighted by Gasteiger charge is 2.65. The fourth-order valence-corrected chi connectivity index (χ4v) is 6.73. The van der Waals surface area contributed by atoms with Gasteiger partial charge >= 0.3 is 0 Å². The summed E-state index contributed by atoms with van der Waals surface area (Å²) in [5, 5.41) is 0. The summed E-state index contributed by atoms with van der Waals surface area (Å²) in [5.41, 5.74) is 0.650. The Balaban J connectivity index is 1.96. The second-order valence-corrected chi connectivity index (χ2v) is 11.9. The van der Waals surface area contributed by atoms with Gasteiger partial charge in [0, 0.05) is 5.41 Å². The van der Waals surface area contributed by atoms with Crippen molar-refractivity contribution in [3.63, 3.8) is 0 Å². The molecule has 0 radical (unpaired) electrons. The normalized spacial score (nSPS) is 37.2. The summed E-state index contributed by atoms with van der Waals surface area (Å²) in [6.45, 7) is 6.44. The Bertz CT molecular complexity index is 733. The van der Waals surface area contributed by atoms with Crippen LogP contribution in [0.2, 0.25) is 0 Å². The lowest BCUT2D eigenvalue weighted by atomic mass is 9.67. The summed E-state index contributed by atoms with van der Waals surface area (Å²) in [6.07, 6.45) is 6.88. The molecule has 0 spiro atoms. The topological polar surface area (TPSA) is 86.7 Å². The molecular weight excluding hydrogens is 364 g/mol. The van der Waals surface area contributed by atoms with E-state index in [9.17, 15) is 16.8 Å². The van der Waals surface area contributed by atoms with Gasteiger partial charge in [-0.3, -0.25) is 8.37 Å². The van der Waals surface area contributed by atoms with Crippen molar-refractivity contribution >= 4 is 20.2 Å². The third kappa shape index (κ3) is 3.68. The fourth-order valence-electron chi connectivity index (χ4n) is 5.83. The number of hydrogen-bond donors (Lipinski definition) is 0. The van der Waals surface area contributed by atoms with Crippen LogP contribution in [0, 0.1) is 28.6 Å². The molecule has 0 aromatic rings. The molecule has 3 aliphatic rings. The largest absolute Gasteiger partial charge is 0.270 e. The predicted octanol–water partition coefficient (Wildman–Crippen LogP) is 2.33. The first-order valence-corrected chi connectivity index (χ1v) is 12.4. The van der Waals surface area contributed by atoms with Crippen molar-refractivity contribution < 1.29 is 25.2 Å². The van der Waals surface area contributed by atoms with Crippen LogP contribution >= 0.6 is 0 Å². The third-order valence-electron chi connectivity index (χ3n) is 6.63. The molecule has 144 valence electrons. The molecule has 3 fully saturated rings. The lowest BCUT2D eigenvalue weighted by Crippen LogP contribution is -2.42. The van der Waals surface area contributed by atoms with E-state index in [1.807, 2.05) is 0 Å². The smallest absolute Gasteiger partial charge is 0.264 e. The van der Waals surface area contributed by atoms with Gasteiger partial charge in [0.05, 0.1) is 25.7 Å². The predicted molar refractivity (Wildman–Crippen MR) is 94.8 cm³/mol. The van der Waals surface area contributed by atoms with Crippen LogP contribution in [-0.2, 0) is 28.6 Å². The first kappa shape index (κ1) is 19.3. The van der Waals surface area contributed by atoms with Crippen LogP contribution in [-0.4, -0.2) is 42.6 Å². The Morgan fingerprint density at radius 3 is 2.16 bits per heavy atom. The molecule has 0 unspecified atom stereocenters. The van der Waals surface area contributed by atoms with E-state index in [1.54, 1.807) is 0 Å². The SMILES string of the molecule is C=C1CC[C@@H]2C[C@@]3(C)CCC(COS(C)(=O)=O)(COS(C)(=O)=O)[C@H]3[C@H]12. The van der Waals surface area contributed by atoms with Crippen LogP contribution < -0.4 is 0 Å². The summed E-state index contributed by atoms with van der Waals surface area (Å²) in [5.74, 6) is 1.00. The lowest BCUT2D eigenvalue weighted by molar-refractivity contribution is 0.0150. The van der Waals surface area contributed by atoms with Crippen LogP contribution in [0.15, 0.2) is 12.2 Å². The molecule has 0 amide bonds. The highest BCUT2D eigenvalue weighted by molar-refractivity contribution is 7.86. The maximum absolute atomic E-state index is 11.6. The number of allylic oxidation sites excluding steroid dienone is 1. The molecule has 3 saturated carbocycles. The van der Waals surface area contributed by atoms with Gasteiger partial charge in [0.15, 0.2) is 0 Å². The van der Waals surface area contributed by atoms with Crippen molar-refractivity contribution in [2.45, 2.75) is 39.0 Å². The third-order valence-corrected chi connectivity index (χ3v) is 7.72. The van der Waals surface area contributed by atoms with E-state index in [0.717, 1.165) is 38.2 Å². The summed E-state index contributed by atoms with van der Waals surface area (Å²) < 4.78 is 56.8. The van der Waals surface area contributed by atoms with Crippen molar-refractivity contribution in [2.24, 2.45) is 28.6 Å². The Kier molecular flexibility index (Phi) is 4.67. The molecule has 25 heavy (non-hydrogen) atoms. The Labute approximate surface area is 151 Å². The minimum Gasteiger partial charge on any atom is -0.270 e. The molecule has 0 aromatic carbocycles. The maximum Gasteiger partial charge on any atom is 0.264 e. The van der Waals surface area contributed by atoms with Crippen LogP contribution in [0.5, 0.6) is 0 Å². The molecule has 0 heterocycles. The molecule has 3 rings (SSSR count). The van der Waals surface area contributed by atoms with E-state index < -0.39 is 25.7 Å². The number of rotatable bonds is 6. The Morgan fingerprint density at radius 1 is 1.08 bits per heavy atom. The highest BCUT2D eigenvalue weighted by atomic mass is 32.2. The molecule has 8 heteroatoms. The van der Waals surface area contributed by atoms with Crippen LogP contribution in [0.1, 0.15) is 39.0 Å². The van der Waals surface area contributed by atoms with E-state index in [4.69, 9.17) is 8.37 Å². The van der Waals surface area contributed by atoms with Gasteiger partial charge < -0.3 is 0 Å². The van der Waals surface area contributed by atoms with E-state index in [0.29, 0.717) is 18.3 Å². The average molecular weight is 393 g/mol. The van der Waals surface area contributed by atoms with Crippen LogP contribution in [0.25, 0.3) is 0 Å². The fraction of sp³-hybridized carbons (Fsp3) is 0.882. The average Bonchev–Trinajstić information content (AvgIpc) is 3.02. The molecule has 0 saturated heterocycles. The van der Waals surface area contributed by atoms with Gasteiger partial charge in [-0.25, -0.2) is 0 Å². The van der Waals surface area contributed by atoms with E-state index >= 15 is 0 Å². The zero-order valence-corrected chi connectivity index (χ0v) is 16.8. The van der Waals surface area contributed by atoms with Gasteiger partial charge in [0.2, 0.25) is 0 Å². The van der Waals surface area contributed by atoms with Crippen LogP contribution in [0.4, 0.5) is 0 Å². The van der Waals surface area contributed by atoms with Crippen molar-refractivity contribution in [1.29, 1.82) is 0 Å². The molecular formula is C17H28O6S2. The van der Waals surface area contributed by atoms with Gasteiger partial charge in [-0.1, -0.05) is 19.1 Å². The molecule has 0 N–H and O–H groups in total. The highest BCUT2D eigenvalue weighted by Crippen LogP contribution is 2.70. The van der Waals surface area contributed by atoms with Crippen molar-refractivity contribution in [2.75, 3.05) is 25.7 Å². The Morgan fingerprint density at radius 2 is 1.64 bits per heavy atom. The van der Waals surface area contributed by atoms with Crippen molar-refractivity contribution in [3.8, 4) is 0 Å². The van der Waals surface area contributed by atoms with E-state index in [2.05, 4.69) is 13.5 Å². The zero-order valence-electron chi connectivity index (χ0n) is 15.2. The molecule has 0 aromatic heterocycles. The monoisotopic (exact) mass is 392 g/mol. The van der Waals surface area contributed by atoms with Crippen LogP contribution in [0.3, 0.4) is 0 Å². The van der Waals surface area contributed by atoms with E-state index in [1.165, 1.54) is 5.57 Å².